The zero-order chi connectivity index (χ0) is 24.1. The van der Waals surface area contributed by atoms with Gasteiger partial charge in [0.2, 0.25) is 5.91 Å². The largest absolute Gasteiger partial charge is 0.468 e. The summed E-state index contributed by atoms with van der Waals surface area (Å²) >= 11 is 0. The Morgan fingerprint density at radius 3 is 2.61 bits per heavy atom. The van der Waals surface area contributed by atoms with E-state index in [1.807, 2.05) is 39.3 Å². The summed E-state index contributed by atoms with van der Waals surface area (Å²) < 4.78 is 12.5. The van der Waals surface area contributed by atoms with Crippen LogP contribution in [0.1, 0.15) is 59.6 Å². The molecular formula is C23H35N5O5. The average Bonchev–Trinajstić information content (AvgIpc) is 3.42. The number of methoxy groups -OCH3 is 1. The molecule has 4 atom stereocenters. The molecule has 2 saturated heterocycles. The smallest absolute Gasteiger partial charge is 0.410 e. The zero-order valence-electron chi connectivity index (χ0n) is 20.4. The van der Waals surface area contributed by atoms with Crippen LogP contribution in [0.25, 0.3) is 0 Å². The molecule has 1 aromatic rings. The van der Waals surface area contributed by atoms with Crippen LogP contribution < -0.4 is 4.90 Å². The third-order valence-electron chi connectivity index (χ3n) is 6.91. The topological polar surface area (TPSA) is 97.2 Å². The summed E-state index contributed by atoms with van der Waals surface area (Å²) in [6, 6.07) is -0.597. The van der Waals surface area contributed by atoms with Crippen molar-refractivity contribution in [3.63, 3.8) is 0 Å². The van der Waals surface area contributed by atoms with E-state index >= 15 is 0 Å². The Morgan fingerprint density at radius 2 is 1.94 bits per heavy atom. The van der Waals surface area contributed by atoms with Crippen molar-refractivity contribution in [2.24, 2.45) is 0 Å². The van der Waals surface area contributed by atoms with E-state index in [0.29, 0.717) is 19.5 Å². The van der Waals surface area contributed by atoms with Gasteiger partial charge in [-0.3, -0.25) is 24.1 Å². The molecule has 3 aliphatic heterocycles. The molecule has 3 aliphatic rings. The number of carbonyl (C=O) groups is 3. The summed E-state index contributed by atoms with van der Waals surface area (Å²) in [5.41, 5.74) is 0.964. The van der Waals surface area contributed by atoms with E-state index in [4.69, 9.17) is 9.47 Å². The summed E-state index contributed by atoms with van der Waals surface area (Å²) in [6.07, 6.45) is 3.34. The number of ether oxygens (including phenoxy) is 2. The molecule has 33 heavy (non-hydrogen) atoms. The molecule has 0 aliphatic carbocycles. The summed E-state index contributed by atoms with van der Waals surface area (Å²) in [5, 5.41) is 4.52. The van der Waals surface area contributed by atoms with Gasteiger partial charge in [0.15, 0.2) is 0 Å². The molecule has 10 heteroatoms. The highest BCUT2D eigenvalue weighted by Crippen LogP contribution is 2.37. The van der Waals surface area contributed by atoms with Crippen LogP contribution >= 0.6 is 0 Å². The molecular weight excluding hydrogens is 426 g/mol. The first-order chi connectivity index (χ1) is 15.5. The Labute approximate surface area is 194 Å². The van der Waals surface area contributed by atoms with Gasteiger partial charge in [-0.05, 0) is 54.0 Å². The molecule has 2 amide bonds. The lowest BCUT2D eigenvalue weighted by molar-refractivity contribution is -0.146. The van der Waals surface area contributed by atoms with Crippen molar-refractivity contribution in [1.82, 2.24) is 19.6 Å². The maximum absolute atomic E-state index is 13.2. The van der Waals surface area contributed by atoms with Gasteiger partial charge in [0.25, 0.3) is 0 Å². The Bertz CT molecular complexity index is 938. The number of likely N-dealkylation sites (tertiary alicyclic amines) is 1. The van der Waals surface area contributed by atoms with E-state index in [9.17, 15) is 14.4 Å². The number of fused-ring (bicyclic) bond motifs is 1. The number of nitrogens with zero attached hydrogens (tertiary/aromatic N) is 5. The molecule has 1 aromatic heterocycles. The van der Waals surface area contributed by atoms with Crippen LogP contribution in [0, 0.1) is 0 Å². The lowest BCUT2D eigenvalue weighted by atomic mass is 10.1. The quantitative estimate of drug-likeness (QED) is 0.636. The molecule has 0 N–H and O–H groups in total. The Hall–Kier alpha value is -2.62. The molecule has 4 heterocycles. The lowest BCUT2D eigenvalue weighted by Gasteiger charge is -2.37. The number of hydrogen-bond acceptors (Lipinski definition) is 7. The van der Waals surface area contributed by atoms with Crippen LogP contribution in [0.15, 0.2) is 6.20 Å². The third kappa shape index (κ3) is 4.32. The van der Waals surface area contributed by atoms with Crippen molar-refractivity contribution in [3.8, 4) is 0 Å². The fraction of sp³-hybridized carbons (Fsp3) is 0.739. The minimum atomic E-state index is -0.587. The van der Waals surface area contributed by atoms with Crippen molar-refractivity contribution >= 4 is 23.7 Å². The van der Waals surface area contributed by atoms with Gasteiger partial charge in [0, 0.05) is 12.5 Å². The number of carbonyl (C=O) groups excluding carboxylic acids is 3. The zero-order valence-corrected chi connectivity index (χ0v) is 20.4. The second kappa shape index (κ2) is 8.62. The Morgan fingerprint density at radius 1 is 1.21 bits per heavy atom. The molecule has 0 saturated carbocycles. The van der Waals surface area contributed by atoms with E-state index < -0.39 is 5.60 Å². The number of amides is 2. The highest BCUT2D eigenvalue weighted by molar-refractivity contribution is 5.97. The standard InChI is InChI=1S/C23H35N5O5/c1-14-12-27-19(13-26(14)22(31)33-23(3,4)5)18(11-24-27)28-15(2)17(10-20(28)29)25-9-7-8-16(25)21(30)32-6/h11,14-17H,7-10,12-13H2,1-6H3/t14-,15-,16-,17?/m0/s1. The van der Waals surface area contributed by atoms with Gasteiger partial charge < -0.3 is 14.4 Å². The molecule has 0 bridgehead atoms. The van der Waals surface area contributed by atoms with Crippen molar-refractivity contribution in [2.45, 2.75) is 96.7 Å². The van der Waals surface area contributed by atoms with Gasteiger partial charge in [-0.1, -0.05) is 0 Å². The number of esters is 1. The van der Waals surface area contributed by atoms with E-state index in [2.05, 4.69) is 10.00 Å². The second-order valence-corrected chi connectivity index (χ2v) is 10.3. The van der Waals surface area contributed by atoms with Gasteiger partial charge in [-0.15, -0.1) is 0 Å². The minimum Gasteiger partial charge on any atom is -0.468 e. The van der Waals surface area contributed by atoms with Crippen molar-refractivity contribution in [2.75, 3.05) is 18.6 Å². The van der Waals surface area contributed by atoms with E-state index in [-0.39, 0.29) is 42.1 Å². The summed E-state index contributed by atoms with van der Waals surface area (Å²) in [5.74, 6) is -0.239. The summed E-state index contributed by atoms with van der Waals surface area (Å²) in [7, 11) is 1.41. The first-order valence-corrected chi connectivity index (χ1v) is 11.7. The van der Waals surface area contributed by atoms with Gasteiger partial charge in [-0.25, -0.2) is 4.79 Å². The summed E-state index contributed by atoms with van der Waals surface area (Å²) in [6.45, 7) is 11.1. The third-order valence-corrected chi connectivity index (χ3v) is 6.91. The number of hydrogen-bond donors (Lipinski definition) is 0. The average molecular weight is 462 g/mol. The van der Waals surface area contributed by atoms with E-state index in [1.165, 1.54) is 7.11 Å². The monoisotopic (exact) mass is 461 g/mol. The number of anilines is 1. The van der Waals surface area contributed by atoms with Crippen molar-refractivity contribution in [3.05, 3.63) is 11.9 Å². The molecule has 0 aromatic carbocycles. The lowest BCUT2D eigenvalue weighted by Crippen LogP contribution is -2.49. The molecule has 10 nitrogen and oxygen atoms in total. The minimum absolute atomic E-state index is 0.00116. The highest BCUT2D eigenvalue weighted by Gasteiger charge is 2.47. The van der Waals surface area contributed by atoms with Crippen molar-refractivity contribution in [1.29, 1.82) is 0 Å². The fourth-order valence-corrected chi connectivity index (χ4v) is 5.32. The SMILES string of the molecule is COC(=O)[C@@H]1CCCN1C1CC(=O)N(c2cnn3c2CN(C(=O)OC(C)(C)C)[C@@H](C)C3)[C@H]1C. The summed E-state index contributed by atoms with van der Waals surface area (Å²) in [4.78, 5) is 43.9. The molecule has 1 unspecified atom stereocenters. The molecule has 0 radical (unpaired) electrons. The highest BCUT2D eigenvalue weighted by atomic mass is 16.6. The Balaban J connectivity index is 1.57. The van der Waals surface area contributed by atoms with Crippen LogP contribution in [0.3, 0.4) is 0 Å². The molecule has 2 fully saturated rings. The van der Waals surface area contributed by atoms with Crippen LogP contribution in [0.5, 0.6) is 0 Å². The van der Waals surface area contributed by atoms with Crippen LogP contribution in [0.2, 0.25) is 0 Å². The van der Waals surface area contributed by atoms with Crippen LogP contribution in [-0.2, 0) is 32.2 Å². The number of aromatic nitrogens is 2. The van der Waals surface area contributed by atoms with Gasteiger partial charge in [0.05, 0.1) is 49.9 Å². The van der Waals surface area contributed by atoms with Crippen LogP contribution in [-0.4, -0.2) is 81.0 Å². The maximum atomic E-state index is 13.2. The Kier molecular flexibility index (Phi) is 6.15. The van der Waals surface area contributed by atoms with E-state index in [0.717, 1.165) is 30.8 Å². The first kappa shape index (κ1) is 23.5. The molecule has 182 valence electrons. The molecule has 4 rings (SSSR count). The normalized spacial score (nSPS) is 28.2. The fourth-order valence-electron chi connectivity index (χ4n) is 5.32. The van der Waals surface area contributed by atoms with E-state index in [1.54, 1.807) is 16.0 Å². The number of rotatable bonds is 3. The first-order valence-electron chi connectivity index (χ1n) is 11.7. The predicted octanol–water partition coefficient (Wildman–Crippen LogP) is 2.15. The van der Waals surface area contributed by atoms with Gasteiger partial charge in [-0.2, -0.15) is 5.10 Å². The van der Waals surface area contributed by atoms with Gasteiger partial charge in [0.1, 0.15) is 11.6 Å². The van der Waals surface area contributed by atoms with Gasteiger partial charge >= 0.3 is 12.1 Å². The predicted molar refractivity (Wildman–Crippen MR) is 121 cm³/mol. The van der Waals surface area contributed by atoms with Crippen molar-refractivity contribution < 1.29 is 23.9 Å². The molecule has 0 spiro atoms. The second-order valence-electron chi connectivity index (χ2n) is 10.3. The van der Waals surface area contributed by atoms with Crippen LogP contribution in [0.4, 0.5) is 10.5 Å². The maximum Gasteiger partial charge on any atom is 0.410 e.